The minimum atomic E-state index is -0.484. The van der Waals surface area contributed by atoms with Crippen LogP contribution in [-0.2, 0) is 18.3 Å². The van der Waals surface area contributed by atoms with Crippen molar-refractivity contribution in [2.24, 2.45) is 12.0 Å². The van der Waals surface area contributed by atoms with Gasteiger partial charge in [-0.2, -0.15) is 5.10 Å². The van der Waals surface area contributed by atoms with Gasteiger partial charge in [0.15, 0.2) is 5.96 Å². The summed E-state index contributed by atoms with van der Waals surface area (Å²) < 4.78 is 7.15. The van der Waals surface area contributed by atoms with E-state index in [-0.39, 0.29) is 12.1 Å². The summed E-state index contributed by atoms with van der Waals surface area (Å²) in [6.07, 6.45) is 2.28. The molecule has 1 unspecified atom stereocenters. The molecule has 2 N–H and O–H groups in total. The zero-order valence-corrected chi connectivity index (χ0v) is 15.9. The maximum Gasteiger partial charge on any atom is 0.407 e. The van der Waals surface area contributed by atoms with Crippen molar-refractivity contribution in [1.82, 2.24) is 25.3 Å². The number of ether oxygens (including phenoxy) is 1. The van der Waals surface area contributed by atoms with Gasteiger partial charge in [-0.25, -0.2) is 9.79 Å². The summed E-state index contributed by atoms with van der Waals surface area (Å²) in [6.45, 7) is 10.6. The van der Waals surface area contributed by atoms with Crippen molar-refractivity contribution in [3.05, 3.63) is 18.0 Å². The largest absolute Gasteiger partial charge is 0.444 e. The minimum Gasteiger partial charge on any atom is -0.444 e. The number of hydrogen-bond acceptors (Lipinski definition) is 4. The molecule has 1 saturated heterocycles. The number of carbonyl (C=O) groups excluding carboxylic acids is 1. The monoisotopic (exact) mass is 350 g/mol. The lowest BCUT2D eigenvalue weighted by Crippen LogP contribution is -2.44. The van der Waals surface area contributed by atoms with E-state index in [4.69, 9.17) is 9.73 Å². The van der Waals surface area contributed by atoms with Crippen molar-refractivity contribution >= 4 is 12.1 Å². The van der Waals surface area contributed by atoms with Crippen molar-refractivity contribution in [1.29, 1.82) is 0 Å². The number of guanidine groups is 1. The molecule has 1 atom stereocenters. The number of amides is 1. The molecule has 1 aliphatic heterocycles. The van der Waals surface area contributed by atoms with Gasteiger partial charge in [-0.3, -0.25) is 4.68 Å². The van der Waals surface area contributed by atoms with Crippen molar-refractivity contribution in [3.8, 4) is 0 Å². The molecule has 8 heteroatoms. The van der Waals surface area contributed by atoms with Gasteiger partial charge in [0, 0.05) is 32.9 Å². The van der Waals surface area contributed by atoms with Crippen LogP contribution in [0, 0.1) is 0 Å². The van der Waals surface area contributed by atoms with E-state index < -0.39 is 5.60 Å². The number of nitrogens with zero attached hydrogens (tertiary/aromatic N) is 4. The van der Waals surface area contributed by atoms with Gasteiger partial charge in [-0.05, 0) is 40.2 Å². The lowest BCUT2D eigenvalue weighted by atomic mass is 10.2. The Morgan fingerprint density at radius 1 is 1.48 bits per heavy atom. The molecule has 140 valence electrons. The Bertz CT molecular complexity index is 605. The second-order valence-electron chi connectivity index (χ2n) is 7.19. The molecule has 1 aliphatic rings. The highest BCUT2D eigenvalue weighted by molar-refractivity contribution is 5.80. The Morgan fingerprint density at radius 3 is 2.84 bits per heavy atom. The summed E-state index contributed by atoms with van der Waals surface area (Å²) in [7, 11) is 1.91. The van der Waals surface area contributed by atoms with E-state index in [1.54, 1.807) is 6.20 Å². The van der Waals surface area contributed by atoms with Crippen molar-refractivity contribution in [3.63, 3.8) is 0 Å². The molecular formula is C17H30N6O2. The molecule has 0 bridgehead atoms. The average Bonchev–Trinajstić information content (AvgIpc) is 3.11. The van der Waals surface area contributed by atoms with Gasteiger partial charge in [-0.15, -0.1) is 0 Å². The predicted octanol–water partition coefficient (Wildman–Crippen LogP) is 1.48. The zero-order valence-electron chi connectivity index (χ0n) is 15.9. The van der Waals surface area contributed by atoms with E-state index in [9.17, 15) is 4.79 Å². The summed E-state index contributed by atoms with van der Waals surface area (Å²) in [5.74, 6) is 0.859. The van der Waals surface area contributed by atoms with Crippen LogP contribution in [0.3, 0.4) is 0 Å². The fourth-order valence-corrected chi connectivity index (χ4v) is 2.68. The van der Waals surface area contributed by atoms with Crippen LogP contribution < -0.4 is 10.6 Å². The van der Waals surface area contributed by atoms with Gasteiger partial charge in [-0.1, -0.05) is 0 Å². The summed E-state index contributed by atoms with van der Waals surface area (Å²) in [5, 5.41) is 10.4. The Kier molecular flexibility index (Phi) is 6.27. The number of aliphatic imine (C=N–C) groups is 1. The molecule has 1 aromatic rings. The molecule has 0 aromatic carbocycles. The third-order valence-electron chi connectivity index (χ3n) is 3.86. The smallest absolute Gasteiger partial charge is 0.407 e. The van der Waals surface area contributed by atoms with Crippen molar-refractivity contribution < 1.29 is 9.53 Å². The molecule has 0 aliphatic carbocycles. The molecule has 1 aromatic heterocycles. The normalized spacial score (nSPS) is 18.4. The van der Waals surface area contributed by atoms with Gasteiger partial charge >= 0.3 is 6.09 Å². The van der Waals surface area contributed by atoms with Gasteiger partial charge in [0.1, 0.15) is 5.60 Å². The zero-order chi connectivity index (χ0) is 18.4. The van der Waals surface area contributed by atoms with Crippen LogP contribution in [0.2, 0.25) is 0 Å². The number of nitrogens with one attached hydrogen (secondary N) is 2. The number of alkyl carbamates (subject to hydrolysis) is 1. The van der Waals surface area contributed by atoms with E-state index in [0.29, 0.717) is 6.54 Å². The molecule has 2 rings (SSSR count). The van der Waals surface area contributed by atoms with Crippen LogP contribution >= 0.6 is 0 Å². The fourth-order valence-electron chi connectivity index (χ4n) is 2.68. The lowest BCUT2D eigenvalue weighted by Gasteiger charge is -2.23. The minimum absolute atomic E-state index is 0.0652. The maximum atomic E-state index is 11.9. The quantitative estimate of drug-likeness (QED) is 0.635. The van der Waals surface area contributed by atoms with Gasteiger partial charge in [0.05, 0.1) is 18.3 Å². The van der Waals surface area contributed by atoms with Crippen LogP contribution in [0.5, 0.6) is 0 Å². The summed E-state index contributed by atoms with van der Waals surface area (Å²) in [6, 6.07) is 2.03. The first-order valence-electron chi connectivity index (χ1n) is 8.78. The average molecular weight is 350 g/mol. The predicted molar refractivity (Wildman–Crippen MR) is 97.4 cm³/mol. The second-order valence-corrected chi connectivity index (χ2v) is 7.19. The molecule has 2 heterocycles. The molecule has 0 radical (unpaired) electrons. The van der Waals surface area contributed by atoms with E-state index in [2.05, 4.69) is 20.6 Å². The number of rotatable bonds is 4. The summed E-state index contributed by atoms with van der Waals surface area (Å²) in [5.41, 5.74) is 0.569. The molecule has 1 amide bonds. The fraction of sp³-hybridized carbons (Fsp3) is 0.706. The van der Waals surface area contributed by atoms with E-state index >= 15 is 0 Å². The number of aryl methyl sites for hydroxylation is 1. The topological polar surface area (TPSA) is 83.8 Å². The highest BCUT2D eigenvalue weighted by Gasteiger charge is 2.27. The van der Waals surface area contributed by atoms with Gasteiger partial charge in [0.25, 0.3) is 0 Å². The maximum absolute atomic E-state index is 11.9. The number of hydrogen-bond donors (Lipinski definition) is 2. The standard InChI is InChI=1S/C17H30N6O2/c1-6-18-15(19-11-14-7-9-20-22(14)5)23-10-8-13(12-23)21-16(24)25-17(2,3)4/h7,9,13H,6,8,10-12H2,1-5H3,(H,18,19)(H,21,24). The van der Waals surface area contributed by atoms with Crippen LogP contribution in [0.25, 0.3) is 0 Å². The van der Waals surface area contributed by atoms with E-state index in [1.807, 2.05) is 45.5 Å². The van der Waals surface area contributed by atoms with E-state index in [1.165, 1.54) is 0 Å². The molecule has 0 saturated carbocycles. The van der Waals surface area contributed by atoms with Crippen LogP contribution in [0.1, 0.15) is 39.8 Å². The Labute approximate surface area is 149 Å². The highest BCUT2D eigenvalue weighted by atomic mass is 16.6. The first-order chi connectivity index (χ1) is 11.8. The van der Waals surface area contributed by atoms with Gasteiger partial charge < -0.3 is 20.3 Å². The van der Waals surface area contributed by atoms with Crippen LogP contribution in [-0.4, -0.2) is 58.0 Å². The number of aromatic nitrogens is 2. The number of carbonyl (C=O) groups is 1. The Hall–Kier alpha value is -2.25. The summed E-state index contributed by atoms with van der Waals surface area (Å²) in [4.78, 5) is 18.8. The van der Waals surface area contributed by atoms with Crippen molar-refractivity contribution in [2.45, 2.75) is 52.3 Å². The second kappa shape index (κ2) is 8.22. The van der Waals surface area contributed by atoms with Gasteiger partial charge in [0.2, 0.25) is 0 Å². The third-order valence-corrected chi connectivity index (χ3v) is 3.86. The highest BCUT2D eigenvalue weighted by Crippen LogP contribution is 2.12. The van der Waals surface area contributed by atoms with Crippen molar-refractivity contribution in [2.75, 3.05) is 19.6 Å². The third kappa shape index (κ3) is 5.95. The molecule has 0 spiro atoms. The lowest BCUT2D eigenvalue weighted by molar-refractivity contribution is 0.0507. The SMILES string of the molecule is CCNC(=NCc1ccnn1C)N1CCC(NC(=O)OC(C)(C)C)C1. The molecule has 25 heavy (non-hydrogen) atoms. The molecular weight excluding hydrogens is 320 g/mol. The first-order valence-corrected chi connectivity index (χ1v) is 8.78. The molecule has 8 nitrogen and oxygen atoms in total. The molecule has 1 fully saturated rings. The van der Waals surface area contributed by atoms with E-state index in [0.717, 1.165) is 37.7 Å². The number of likely N-dealkylation sites (tertiary alicyclic amines) is 1. The summed E-state index contributed by atoms with van der Waals surface area (Å²) >= 11 is 0. The van der Waals surface area contributed by atoms with Crippen LogP contribution in [0.15, 0.2) is 17.3 Å². The van der Waals surface area contributed by atoms with Crippen LogP contribution in [0.4, 0.5) is 4.79 Å². The first kappa shape index (κ1) is 19.1. The Balaban J connectivity index is 1.92. The Morgan fingerprint density at radius 2 is 2.24 bits per heavy atom.